The minimum Gasteiger partial charge on any atom is -0.507 e. The van der Waals surface area contributed by atoms with Crippen LogP contribution < -0.4 is 4.74 Å². The number of rotatable bonds is 7. The zero-order valence-electron chi connectivity index (χ0n) is 18.1. The summed E-state index contributed by atoms with van der Waals surface area (Å²) in [6.45, 7) is 6.22. The van der Waals surface area contributed by atoms with E-state index >= 15 is 0 Å². The van der Waals surface area contributed by atoms with Crippen LogP contribution in [0.1, 0.15) is 24.1 Å². The molecule has 2 aliphatic rings. The van der Waals surface area contributed by atoms with Crippen LogP contribution in [-0.4, -0.2) is 77.6 Å². The SMILES string of the molecule is CCOc1cccc(C(O)=C2C(=O)C(=O)N(CCN3CCOCC3)C2c2ccncc2)c1. The second kappa shape index (κ2) is 9.93. The average molecular weight is 437 g/mol. The molecule has 1 amide bonds. The van der Waals surface area contributed by atoms with Gasteiger partial charge in [0, 0.05) is 44.1 Å². The molecule has 4 rings (SSSR count). The Balaban J connectivity index is 1.71. The van der Waals surface area contributed by atoms with Crippen LogP contribution in [0.25, 0.3) is 5.76 Å². The number of hydrogen-bond donors (Lipinski definition) is 1. The van der Waals surface area contributed by atoms with E-state index in [1.165, 1.54) is 0 Å². The predicted molar refractivity (Wildman–Crippen MR) is 118 cm³/mol. The molecule has 2 aromatic rings. The quantitative estimate of drug-likeness (QED) is 0.403. The van der Waals surface area contributed by atoms with Crippen molar-refractivity contribution in [1.29, 1.82) is 0 Å². The zero-order valence-corrected chi connectivity index (χ0v) is 18.1. The topological polar surface area (TPSA) is 92.2 Å². The summed E-state index contributed by atoms with van der Waals surface area (Å²) >= 11 is 0. The molecule has 2 aliphatic heterocycles. The molecule has 0 radical (unpaired) electrons. The fourth-order valence-corrected chi connectivity index (χ4v) is 4.13. The van der Waals surface area contributed by atoms with Crippen LogP contribution in [-0.2, 0) is 14.3 Å². The molecule has 0 bridgehead atoms. The molecule has 2 saturated heterocycles. The lowest BCUT2D eigenvalue weighted by Gasteiger charge is -2.31. The van der Waals surface area contributed by atoms with Crippen molar-refractivity contribution < 1.29 is 24.2 Å². The van der Waals surface area contributed by atoms with Crippen LogP contribution >= 0.6 is 0 Å². The molecule has 0 saturated carbocycles. The Morgan fingerprint density at radius 3 is 2.62 bits per heavy atom. The maximum absolute atomic E-state index is 13.1. The van der Waals surface area contributed by atoms with Crippen molar-refractivity contribution in [3.05, 3.63) is 65.5 Å². The number of morpholine rings is 1. The van der Waals surface area contributed by atoms with Gasteiger partial charge < -0.3 is 19.5 Å². The Morgan fingerprint density at radius 1 is 1.16 bits per heavy atom. The van der Waals surface area contributed by atoms with E-state index in [9.17, 15) is 14.7 Å². The summed E-state index contributed by atoms with van der Waals surface area (Å²) in [5.41, 5.74) is 1.24. The van der Waals surface area contributed by atoms with Crippen molar-refractivity contribution in [2.75, 3.05) is 46.0 Å². The highest BCUT2D eigenvalue weighted by atomic mass is 16.5. The number of aromatic nitrogens is 1. The Morgan fingerprint density at radius 2 is 1.91 bits per heavy atom. The number of benzene rings is 1. The molecule has 168 valence electrons. The van der Waals surface area contributed by atoms with E-state index in [1.807, 2.05) is 6.92 Å². The lowest BCUT2D eigenvalue weighted by atomic mass is 9.96. The number of ketones is 1. The second-order valence-electron chi connectivity index (χ2n) is 7.69. The van der Waals surface area contributed by atoms with E-state index < -0.39 is 17.7 Å². The molecule has 1 N–H and O–H groups in total. The van der Waals surface area contributed by atoms with Gasteiger partial charge in [-0.3, -0.25) is 19.5 Å². The molecule has 8 nitrogen and oxygen atoms in total. The van der Waals surface area contributed by atoms with Crippen molar-refractivity contribution in [1.82, 2.24) is 14.8 Å². The number of aliphatic hydroxyl groups excluding tert-OH is 1. The molecule has 1 atom stereocenters. The molecular weight excluding hydrogens is 410 g/mol. The summed E-state index contributed by atoms with van der Waals surface area (Å²) in [4.78, 5) is 33.9. The molecule has 8 heteroatoms. The Hall–Kier alpha value is -3.23. The molecule has 1 aromatic heterocycles. The fraction of sp³-hybridized carbons (Fsp3) is 0.375. The zero-order chi connectivity index (χ0) is 22.5. The van der Waals surface area contributed by atoms with Crippen molar-refractivity contribution >= 4 is 17.4 Å². The van der Waals surface area contributed by atoms with Crippen molar-refractivity contribution in [2.45, 2.75) is 13.0 Å². The molecule has 1 unspecified atom stereocenters. The highest BCUT2D eigenvalue weighted by Gasteiger charge is 2.46. The number of carbonyl (C=O) groups is 2. The summed E-state index contributed by atoms with van der Waals surface area (Å²) in [7, 11) is 0. The molecule has 1 aromatic carbocycles. The van der Waals surface area contributed by atoms with E-state index in [1.54, 1.807) is 53.7 Å². The number of Topliss-reactive ketones (excluding diaryl/α,β-unsaturated/α-hetero) is 1. The van der Waals surface area contributed by atoms with Gasteiger partial charge in [0.05, 0.1) is 31.4 Å². The van der Waals surface area contributed by atoms with Gasteiger partial charge in [0.15, 0.2) is 0 Å². The van der Waals surface area contributed by atoms with Gasteiger partial charge in [-0.1, -0.05) is 12.1 Å². The van der Waals surface area contributed by atoms with Gasteiger partial charge in [-0.25, -0.2) is 0 Å². The van der Waals surface area contributed by atoms with E-state index in [0.717, 1.165) is 18.7 Å². The highest BCUT2D eigenvalue weighted by molar-refractivity contribution is 6.46. The summed E-state index contributed by atoms with van der Waals surface area (Å²) in [6, 6.07) is 9.74. The molecule has 0 aliphatic carbocycles. The number of likely N-dealkylation sites (tertiary alicyclic amines) is 1. The number of hydrogen-bond acceptors (Lipinski definition) is 7. The van der Waals surface area contributed by atoms with Crippen LogP contribution in [0.4, 0.5) is 0 Å². The van der Waals surface area contributed by atoms with Crippen LogP contribution in [0.2, 0.25) is 0 Å². The third kappa shape index (κ3) is 4.51. The highest BCUT2D eigenvalue weighted by Crippen LogP contribution is 2.39. The number of pyridine rings is 1. The van der Waals surface area contributed by atoms with Crippen LogP contribution in [0.3, 0.4) is 0 Å². The van der Waals surface area contributed by atoms with Gasteiger partial charge in [0.25, 0.3) is 11.7 Å². The summed E-state index contributed by atoms with van der Waals surface area (Å²) in [5.74, 6) is -0.921. The van der Waals surface area contributed by atoms with Gasteiger partial charge >= 0.3 is 0 Å². The van der Waals surface area contributed by atoms with Crippen molar-refractivity contribution in [3.63, 3.8) is 0 Å². The number of nitrogens with zero attached hydrogens (tertiary/aromatic N) is 3. The maximum atomic E-state index is 13.1. The first-order chi connectivity index (χ1) is 15.6. The minimum atomic E-state index is -0.687. The molecule has 0 spiro atoms. The van der Waals surface area contributed by atoms with Crippen molar-refractivity contribution in [2.24, 2.45) is 0 Å². The third-order valence-corrected chi connectivity index (χ3v) is 5.74. The van der Waals surface area contributed by atoms with Gasteiger partial charge in [-0.15, -0.1) is 0 Å². The van der Waals surface area contributed by atoms with Gasteiger partial charge in [-0.05, 0) is 36.8 Å². The maximum Gasteiger partial charge on any atom is 0.295 e. The monoisotopic (exact) mass is 437 g/mol. The largest absolute Gasteiger partial charge is 0.507 e. The summed E-state index contributed by atoms with van der Waals surface area (Å²) < 4.78 is 10.9. The lowest BCUT2D eigenvalue weighted by molar-refractivity contribution is -0.140. The first-order valence-electron chi connectivity index (χ1n) is 10.8. The van der Waals surface area contributed by atoms with Crippen LogP contribution in [0.15, 0.2) is 54.4 Å². The summed E-state index contributed by atoms with van der Waals surface area (Å²) in [5, 5.41) is 11.1. The van der Waals surface area contributed by atoms with E-state index in [0.29, 0.717) is 44.2 Å². The second-order valence-corrected chi connectivity index (χ2v) is 7.69. The Labute approximate surface area is 187 Å². The average Bonchev–Trinajstić information content (AvgIpc) is 3.09. The molecule has 2 fully saturated rings. The predicted octanol–water partition coefficient (Wildman–Crippen LogP) is 2.23. The lowest BCUT2D eigenvalue weighted by Crippen LogP contribution is -2.42. The van der Waals surface area contributed by atoms with Gasteiger partial charge in [0.1, 0.15) is 11.5 Å². The normalized spacial score (nSPS) is 21.2. The van der Waals surface area contributed by atoms with E-state index in [4.69, 9.17) is 9.47 Å². The van der Waals surface area contributed by atoms with Gasteiger partial charge in [-0.2, -0.15) is 0 Å². The summed E-state index contributed by atoms with van der Waals surface area (Å²) in [6.07, 6.45) is 3.24. The minimum absolute atomic E-state index is 0.0804. The molecule has 3 heterocycles. The Kier molecular flexibility index (Phi) is 6.82. The first kappa shape index (κ1) is 22.0. The molecule has 32 heavy (non-hydrogen) atoms. The van der Waals surface area contributed by atoms with Crippen LogP contribution in [0.5, 0.6) is 5.75 Å². The Bertz CT molecular complexity index is 1000. The number of aliphatic hydroxyl groups is 1. The number of ether oxygens (including phenoxy) is 2. The van der Waals surface area contributed by atoms with Gasteiger partial charge in [0.2, 0.25) is 0 Å². The molecular formula is C24H27N3O5. The van der Waals surface area contributed by atoms with Crippen LogP contribution in [0, 0.1) is 0 Å². The number of amides is 1. The van der Waals surface area contributed by atoms with E-state index in [2.05, 4.69) is 9.88 Å². The van der Waals surface area contributed by atoms with Crippen molar-refractivity contribution in [3.8, 4) is 5.75 Å². The third-order valence-electron chi connectivity index (χ3n) is 5.74. The smallest absolute Gasteiger partial charge is 0.295 e. The van der Waals surface area contributed by atoms with E-state index in [-0.39, 0.29) is 11.3 Å². The first-order valence-corrected chi connectivity index (χ1v) is 10.8. The number of carbonyl (C=O) groups excluding carboxylic acids is 2. The standard InChI is InChI=1S/C24H27N3O5/c1-2-32-19-5-3-4-18(16-19)22(28)20-21(17-6-8-25-9-7-17)27(24(30)23(20)29)11-10-26-12-14-31-15-13-26/h3-9,16,21,28H,2,10-15H2,1H3. The fourth-order valence-electron chi connectivity index (χ4n) is 4.13.